The van der Waals surface area contributed by atoms with Crippen LogP contribution in [-0.2, 0) is 9.47 Å². The van der Waals surface area contributed by atoms with Gasteiger partial charge in [0.25, 0.3) is 5.69 Å². The maximum atomic E-state index is 11.8. The molecule has 1 atom stereocenters. The van der Waals surface area contributed by atoms with Gasteiger partial charge in [0, 0.05) is 6.04 Å². The van der Waals surface area contributed by atoms with Crippen LogP contribution in [0, 0.1) is 10.1 Å². The van der Waals surface area contributed by atoms with Crippen molar-refractivity contribution in [3.8, 4) is 11.5 Å². The zero-order chi connectivity index (χ0) is 20.6. The number of carbonyl (C=O) groups excluding carboxylic acids is 1. The summed E-state index contributed by atoms with van der Waals surface area (Å²) in [6, 6.07) is 2.60. The molecule has 1 amide bonds. The van der Waals surface area contributed by atoms with Gasteiger partial charge in [-0.15, -0.1) is 0 Å². The van der Waals surface area contributed by atoms with Gasteiger partial charge < -0.3 is 24.3 Å². The average Bonchev–Trinajstić information content (AvgIpc) is 2.56. The van der Waals surface area contributed by atoms with E-state index in [1.54, 1.807) is 20.8 Å². The maximum absolute atomic E-state index is 11.8. The molecule has 0 aliphatic carbocycles. The van der Waals surface area contributed by atoms with Crippen LogP contribution < -0.4 is 14.8 Å². The largest absolute Gasteiger partial charge is 0.493 e. The maximum Gasteiger partial charge on any atom is 0.407 e. The number of hydrogen-bond donors (Lipinski definition) is 1. The number of benzene rings is 1. The summed E-state index contributed by atoms with van der Waals surface area (Å²) in [5.41, 5.74) is -0.0121. The van der Waals surface area contributed by atoms with Crippen LogP contribution in [0.25, 0.3) is 0 Å². The Morgan fingerprint density at radius 2 is 1.81 bits per heavy atom. The summed E-state index contributed by atoms with van der Waals surface area (Å²) in [6.45, 7) is 9.48. The Hall–Kier alpha value is -2.55. The molecular formula is C18H28N2O7. The first-order chi connectivity index (χ1) is 12.6. The molecule has 27 heavy (non-hydrogen) atoms. The van der Waals surface area contributed by atoms with Crippen LogP contribution in [0.4, 0.5) is 10.5 Å². The third kappa shape index (κ3) is 7.30. The Morgan fingerprint density at radius 1 is 1.15 bits per heavy atom. The molecule has 9 nitrogen and oxygen atoms in total. The van der Waals surface area contributed by atoms with Crippen molar-refractivity contribution in [1.29, 1.82) is 0 Å². The molecule has 0 heterocycles. The van der Waals surface area contributed by atoms with E-state index in [4.69, 9.17) is 18.9 Å². The lowest BCUT2D eigenvalue weighted by Gasteiger charge is -2.18. The SMILES string of the molecule is COc1cc(C(C)OC(=O)NC(C)C)c([N+](=O)[O-])cc1OCCOC(C)C. The van der Waals surface area contributed by atoms with E-state index in [2.05, 4.69) is 5.32 Å². The van der Waals surface area contributed by atoms with Gasteiger partial charge in [-0.05, 0) is 40.7 Å². The van der Waals surface area contributed by atoms with E-state index in [1.165, 1.54) is 19.2 Å². The van der Waals surface area contributed by atoms with Gasteiger partial charge in [0.05, 0.1) is 36.4 Å². The monoisotopic (exact) mass is 384 g/mol. The number of nitro benzene ring substituents is 1. The number of methoxy groups -OCH3 is 1. The number of amides is 1. The van der Waals surface area contributed by atoms with Crippen LogP contribution in [-0.4, -0.2) is 43.5 Å². The average molecular weight is 384 g/mol. The molecule has 0 aliphatic heterocycles. The molecule has 0 saturated heterocycles. The first-order valence-electron chi connectivity index (χ1n) is 8.73. The molecule has 9 heteroatoms. The molecule has 1 aromatic carbocycles. The zero-order valence-electron chi connectivity index (χ0n) is 16.6. The lowest BCUT2D eigenvalue weighted by molar-refractivity contribution is -0.386. The highest BCUT2D eigenvalue weighted by atomic mass is 16.6. The molecule has 0 spiro atoms. The van der Waals surface area contributed by atoms with Crippen LogP contribution in [0.5, 0.6) is 11.5 Å². The summed E-state index contributed by atoms with van der Waals surface area (Å²) < 4.78 is 21.5. The number of alkyl carbamates (subject to hydrolysis) is 1. The lowest BCUT2D eigenvalue weighted by Crippen LogP contribution is -2.31. The Balaban J connectivity index is 3.03. The van der Waals surface area contributed by atoms with E-state index < -0.39 is 17.1 Å². The van der Waals surface area contributed by atoms with Crippen molar-refractivity contribution in [2.45, 2.75) is 52.9 Å². The minimum Gasteiger partial charge on any atom is -0.493 e. The number of nitrogens with one attached hydrogen (secondary N) is 1. The minimum atomic E-state index is -0.851. The van der Waals surface area contributed by atoms with Gasteiger partial charge in [-0.3, -0.25) is 10.1 Å². The molecule has 0 fully saturated rings. The predicted octanol–water partition coefficient (Wildman–Crippen LogP) is 3.60. The smallest absolute Gasteiger partial charge is 0.407 e. The summed E-state index contributed by atoms with van der Waals surface area (Å²) in [5.74, 6) is 0.527. The van der Waals surface area contributed by atoms with E-state index in [0.29, 0.717) is 12.4 Å². The van der Waals surface area contributed by atoms with Crippen molar-refractivity contribution in [2.24, 2.45) is 0 Å². The summed E-state index contributed by atoms with van der Waals surface area (Å²) in [5, 5.41) is 14.1. The molecule has 0 aliphatic rings. The molecular weight excluding hydrogens is 356 g/mol. The molecule has 0 saturated carbocycles. The van der Waals surface area contributed by atoms with Crippen LogP contribution in [0.3, 0.4) is 0 Å². The second kappa shape index (κ2) is 10.6. The van der Waals surface area contributed by atoms with E-state index in [9.17, 15) is 14.9 Å². The normalized spacial score (nSPS) is 12.0. The minimum absolute atomic E-state index is 0.0576. The first kappa shape index (κ1) is 22.5. The predicted molar refractivity (Wildman–Crippen MR) is 99.4 cm³/mol. The van der Waals surface area contributed by atoms with Crippen LogP contribution in [0.15, 0.2) is 12.1 Å². The highest BCUT2D eigenvalue weighted by Gasteiger charge is 2.26. The second-order valence-electron chi connectivity index (χ2n) is 6.43. The molecule has 0 bridgehead atoms. The van der Waals surface area contributed by atoms with Gasteiger partial charge in [-0.2, -0.15) is 0 Å². The Labute approximate surface area is 159 Å². The van der Waals surface area contributed by atoms with Gasteiger partial charge in [0.2, 0.25) is 0 Å². The summed E-state index contributed by atoms with van der Waals surface area (Å²) in [4.78, 5) is 22.7. The first-order valence-corrected chi connectivity index (χ1v) is 8.73. The molecule has 1 unspecified atom stereocenters. The van der Waals surface area contributed by atoms with Gasteiger partial charge >= 0.3 is 6.09 Å². The fourth-order valence-corrected chi connectivity index (χ4v) is 2.25. The lowest BCUT2D eigenvalue weighted by atomic mass is 10.1. The molecule has 152 valence electrons. The van der Waals surface area contributed by atoms with Crippen molar-refractivity contribution in [3.05, 3.63) is 27.8 Å². The highest BCUT2D eigenvalue weighted by molar-refractivity contribution is 5.68. The summed E-state index contributed by atoms with van der Waals surface area (Å²) >= 11 is 0. The Morgan fingerprint density at radius 3 is 2.33 bits per heavy atom. The van der Waals surface area contributed by atoms with E-state index >= 15 is 0 Å². The fourth-order valence-electron chi connectivity index (χ4n) is 2.25. The van der Waals surface area contributed by atoms with Crippen molar-refractivity contribution in [3.63, 3.8) is 0 Å². The van der Waals surface area contributed by atoms with E-state index in [0.717, 1.165) is 0 Å². The second-order valence-corrected chi connectivity index (χ2v) is 6.43. The van der Waals surface area contributed by atoms with Crippen molar-refractivity contribution < 1.29 is 28.7 Å². The molecule has 0 aromatic heterocycles. The molecule has 1 N–H and O–H groups in total. The van der Waals surface area contributed by atoms with Crippen LogP contribution >= 0.6 is 0 Å². The number of hydrogen-bond acceptors (Lipinski definition) is 7. The van der Waals surface area contributed by atoms with Crippen molar-refractivity contribution >= 4 is 11.8 Å². The molecule has 0 radical (unpaired) electrons. The third-order valence-corrected chi connectivity index (χ3v) is 3.43. The van der Waals surface area contributed by atoms with E-state index in [1.807, 2.05) is 13.8 Å². The number of nitro groups is 1. The van der Waals surface area contributed by atoms with E-state index in [-0.39, 0.29) is 35.8 Å². The van der Waals surface area contributed by atoms with Crippen LogP contribution in [0.2, 0.25) is 0 Å². The number of ether oxygens (including phenoxy) is 4. The van der Waals surface area contributed by atoms with Gasteiger partial charge in [-0.1, -0.05) is 0 Å². The summed E-state index contributed by atoms with van der Waals surface area (Å²) in [6.07, 6.45) is -1.45. The fraction of sp³-hybridized carbons (Fsp3) is 0.611. The van der Waals surface area contributed by atoms with Crippen molar-refractivity contribution in [2.75, 3.05) is 20.3 Å². The quantitative estimate of drug-likeness (QED) is 0.373. The Bertz CT molecular complexity index is 647. The molecule has 1 rings (SSSR count). The van der Waals surface area contributed by atoms with Gasteiger partial charge in [0.1, 0.15) is 12.7 Å². The number of carbonyl (C=O) groups is 1. The van der Waals surface area contributed by atoms with Crippen molar-refractivity contribution in [1.82, 2.24) is 5.32 Å². The third-order valence-electron chi connectivity index (χ3n) is 3.43. The van der Waals surface area contributed by atoms with Gasteiger partial charge in [0.15, 0.2) is 11.5 Å². The zero-order valence-corrected chi connectivity index (χ0v) is 16.6. The summed E-state index contributed by atoms with van der Waals surface area (Å²) in [7, 11) is 1.43. The number of rotatable bonds is 10. The van der Waals surface area contributed by atoms with Gasteiger partial charge in [-0.25, -0.2) is 4.79 Å². The topological polar surface area (TPSA) is 109 Å². The number of nitrogens with zero attached hydrogens (tertiary/aromatic N) is 1. The Kier molecular flexibility index (Phi) is 8.80. The standard InChI is InChI=1S/C18H28N2O7/c1-11(2)19-18(21)27-13(5)14-9-16(24-6)17(10-15(14)20(22)23)26-8-7-25-12(3)4/h9-13H,7-8H2,1-6H3,(H,19,21). The molecule has 1 aromatic rings. The highest BCUT2D eigenvalue weighted by Crippen LogP contribution is 2.38. The van der Waals surface area contributed by atoms with Crippen LogP contribution in [0.1, 0.15) is 46.3 Å².